The third kappa shape index (κ3) is 9.87. The highest BCUT2D eigenvalue weighted by atomic mass is 32.1. The number of nitrogens with zero attached hydrogens (tertiary/aromatic N) is 8. The van der Waals surface area contributed by atoms with E-state index in [1.54, 1.807) is 6.20 Å². The molecule has 11 rings (SSSR count). The molecule has 7 heterocycles. The van der Waals surface area contributed by atoms with Crippen molar-refractivity contribution in [1.29, 1.82) is 0 Å². The van der Waals surface area contributed by atoms with E-state index in [9.17, 15) is 24.3 Å². The number of hydrogen-bond acceptors (Lipinski definition) is 13. The number of ether oxygens (including phenoxy) is 1. The van der Waals surface area contributed by atoms with E-state index in [0.717, 1.165) is 113 Å². The van der Waals surface area contributed by atoms with Crippen LogP contribution in [0.2, 0.25) is 0 Å². The monoisotopic (exact) mass is 1000 g/mol. The minimum Gasteiger partial charge on any atom is -0.490 e. The van der Waals surface area contributed by atoms with Crippen molar-refractivity contribution in [2.75, 3.05) is 54.4 Å². The number of fused-ring (bicyclic) bond motifs is 3. The number of amides is 3. The number of aryl methyl sites for hydroxylation is 1. The Bertz CT molecular complexity index is 3230. The van der Waals surface area contributed by atoms with Crippen LogP contribution in [-0.2, 0) is 29.6 Å². The number of para-hydroxylation sites is 1. The van der Waals surface area contributed by atoms with Gasteiger partial charge >= 0.3 is 5.97 Å². The smallest absolute Gasteiger partial charge is 0.355 e. The fraction of sp³-hybridized carbons (Fsp3) is 0.393. The first-order valence-electron chi connectivity index (χ1n) is 25.6. The van der Waals surface area contributed by atoms with E-state index in [2.05, 4.69) is 32.3 Å². The predicted octanol–water partition coefficient (Wildman–Crippen LogP) is 8.77. The van der Waals surface area contributed by atoms with Gasteiger partial charge in [0.25, 0.3) is 5.91 Å². The summed E-state index contributed by atoms with van der Waals surface area (Å²) >= 11 is 1.44. The number of pyridine rings is 2. The molecule has 4 aliphatic rings. The summed E-state index contributed by atoms with van der Waals surface area (Å²) < 4.78 is 9.55. The average Bonchev–Trinajstić information content (AvgIpc) is 3.97. The second-order valence-electron chi connectivity index (χ2n) is 20.3. The molecule has 1 unspecified atom stereocenters. The maximum Gasteiger partial charge on any atom is 0.355 e. The summed E-state index contributed by atoms with van der Waals surface area (Å²) in [5.41, 5.74) is 7.18. The Kier molecular flexibility index (Phi) is 13.4. The number of aromatic nitrogens is 5. The van der Waals surface area contributed by atoms with Gasteiger partial charge in [0, 0.05) is 82.0 Å². The van der Waals surface area contributed by atoms with E-state index in [-0.39, 0.29) is 29.5 Å². The highest BCUT2D eigenvalue weighted by molar-refractivity contribution is 7.22. The zero-order valence-corrected chi connectivity index (χ0v) is 42.3. The van der Waals surface area contributed by atoms with Gasteiger partial charge in [-0.1, -0.05) is 54.7 Å². The lowest BCUT2D eigenvalue weighted by molar-refractivity contribution is -0.134. The Labute approximate surface area is 427 Å². The number of anilines is 3. The number of rotatable bonds is 13. The van der Waals surface area contributed by atoms with E-state index in [1.807, 2.05) is 102 Å². The normalized spacial score (nSPS) is 20.0. The molecule has 3 aromatic carbocycles. The molecule has 16 nitrogen and oxygen atoms in total. The number of thiazole rings is 1. The summed E-state index contributed by atoms with van der Waals surface area (Å²) in [6, 6.07) is 25.1. The van der Waals surface area contributed by atoms with Crippen LogP contribution in [0, 0.1) is 18.8 Å². The summed E-state index contributed by atoms with van der Waals surface area (Å²) in [4.78, 5) is 72.2. The summed E-state index contributed by atoms with van der Waals surface area (Å²) in [6.07, 6.45) is 8.67. The predicted molar refractivity (Wildman–Crippen MR) is 283 cm³/mol. The largest absolute Gasteiger partial charge is 0.490 e. The third-order valence-electron chi connectivity index (χ3n) is 15.4. The van der Waals surface area contributed by atoms with Gasteiger partial charge in [0.05, 0.1) is 27.9 Å². The number of imide groups is 1. The maximum absolute atomic E-state index is 13.7. The minimum absolute atomic E-state index is 0.0247. The molecule has 2 saturated heterocycles. The molecule has 3 amide bonds. The Morgan fingerprint density at radius 1 is 0.877 bits per heavy atom. The van der Waals surface area contributed by atoms with Crippen LogP contribution in [0.3, 0.4) is 0 Å². The second-order valence-corrected chi connectivity index (χ2v) is 21.3. The topological polar surface area (TPSA) is 188 Å². The molecule has 376 valence electrons. The van der Waals surface area contributed by atoms with Crippen LogP contribution in [0.4, 0.5) is 16.8 Å². The first-order chi connectivity index (χ1) is 35.4. The Hall–Kier alpha value is -7.24. The van der Waals surface area contributed by atoms with Crippen molar-refractivity contribution in [3.05, 3.63) is 119 Å². The Morgan fingerprint density at radius 2 is 1.68 bits per heavy atom. The average molecular weight is 1000 g/mol. The SMILES string of the molecule is Cc1c(OC2CCC(C[C@H](C)CN3CCN(c4nccc5c(C6CCC(=O)NC6=O)nn(C)c45)CC3)CC2)cccc1-c1ccc(N2CCc3cccc(C(=O)Nc4nc5ccccc5s4)c3C2)nc1C(=O)O. The Balaban J connectivity index is 0.681. The molecule has 17 heteroatoms. The fourth-order valence-corrected chi connectivity index (χ4v) is 12.5. The summed E-state index contributed by atoms with van der Waals surface area (Å²) in [6.45, 7) is 10.0. The van der Waals surface area contributed by atoms with Crippen LogP contribution in [0.15, 0.2) is 85.1 Å². The van der Waals surface area contributed by atoms with Gasteiger partial charge < -0.3 is 19.6 Å². The zero-order chi connectivity index (χ0) is 50.3. The number of carboxylic acid groups (broad SMARTS) is 1. The molecular formula is C56H60N10O6S. The van der Waals surface area contributed by atoms with Crippen molar-refractivity contribution in [3.8, 4) is 16.9 Å². The quantitative estimate of drug-likeness (QED) is 0.0932. The summed E-state index contributed by atoms with van der Waals surface area (Å²) in [5, 5.41) is 22.3. The lowest BCUT2D eigenvalue weighted by atomic mass is 9.82. The molecule has 3 N–H and O–H groups in total. The number of benzene rings is 3. The molecule has 4 aromatic heterocycles. The number of piperazine rings is 1. The number of piperidine rings is 1. The van der Waals surface area contributed by atoms with Crippen molar-refractivity contribution >= 4 is 72.9 Å². The number of nitrogens with one attached hydrogen (secondary N) is 2. The van der Waals surface area contributed by atoms with Crippen LogP contribution < -0.4 is 25.2 Å². The number of aromatic carboxylic acids is 1. The lowest BCUT2D eigenvalue weighted by Crippen LogP contribution is -2.48. The van der Waals surface area contributed by atoms with Crippen molar-refractivity contribution in [2.24, 2.45) is 18.9 Å². The summed E-state index contributed by atoms with van der Waals surface area (Å²) in [5.74, 6) is 1.09. The third-order valence-corrected chi connectivity index (χ3v) is 16.4. The maximum atomic E-state index is 13.7. The fourth-order valence-electron chi connectivity index (χ4n) is 11.7. The molecule has 73 heavy (non-hydrogen) atoms. The van der Waals surface area contributed by atoms with Crippen molar-refractivity contribution in [3.63, 3.8) is 0 Å². The number of carbonyl (C=O) groups excluding carboxylic acids is 3. The van der Waals surface area contributed by atoms with Crippen LogP contribution in [0.25, 0.3) is 32.2 Å². The summed E-state index contributed by atoms with van der Waals surface area (Å²) in [7, 11) is 1.90. The number of carbonyl (C=O) groups is 4. The highest BCUT2D eigenvalue weighted by Gasteiger charge is 2.34. The molecule has 0 radical (unpaired) electrons. The molecule has 0 spiro atoms. The molecule has 3 fully saturated rings. The van der Waals surface area contributed by atoms with E-state index in [4.69, 9.17) is 19.8 Å². The van der Waals surface area contributed by atoms with Gasteiger partial charge in [0.15, 0.2) is 16.6 Å². The van der Waals surface area contributed by atoms with Crippen LogP contribution in [0.1, 0.15) is 101 Å². The molecule has 3 aliphatic heterocycles. The lowest BCUT2D eigenvalue weighted by Gasteiger charge is -2.37. The van der Waals surface area contributed by atoms with E-state index in [1.165, 1.54) is 17.8 Å². The van der Waals surface area contributed by atoms with Crippen LogP contribution in [-0.4, -0.2) is 104 Å². The van der Waals surface area contributed by atoms with E-state index in [0.29, 0.717) is 72.0 Å². The van der Waals surface area contributed by atoms with Gasteiger partial charge in [0.1, 0.15) is 17.1 Å². The molecule has 1 saturated carbocycles. The number of hydrogen-bond donors (Lipinski definition) is 3. The van der Waals surface area contributed by atoms with Gasteiger partial charge in [-0.25, -0.2) is 19.7 Å². The minimum atomic E-state index is -1.11. The van der Waals surface area contributed by atoms with Gasteiger partial charge in [0.2, 0.25) is 11.8 Å². The Morgan fingerprint density at radius 3 is 2.48 bits per heavy atom. The van der Waals surface area contributed by atoms with E-state index >= 15 is 0 Å². The molecule has 1 aliphatic carbocycles. The first kappa shape index (κ1) is 48.1. The van der Waals surface area contributed by atoms with Crippen molar-refractivity contribution in [2.45, 2.75) is 83.8 Å². The zero-order valence-electron chi connectivity index (χ0n) is 41.5. The number of carboxylic acids is 1. The van der Waals surface area contributed by atoms with Crippen LogP contribution in [0.5, 0.6) is 5.75 Å². The van der Waals surface area contributed by atoms with E-state index < -0.39 is 11.9 Å². The van der Waals surface area contributed by atoms with Crippen LogP contribution >= 0.6 is 11.3 Å². The molecule has 0 bridgehead atoms. The first-order valence-corrected chi connectivity index (χ1v) is 26.4. The second kappa shape index (κ2) is 20.3. The molecular weight excluding hydrogens is 941 g/mol. The van der Waals surface area contributed by atoms with Crippen molar-refractivity contribution in [1.82, 2.24) is 34.9 Å². The standard InChI is InChI=1S/C56H60N10O6S/c1-33(31-64-26-28-65(29-27-64)52-51-41(22-24-57-52)49(62-63(51)3)42-19-21-48(67)60-54(42)69)30-35-14-16-37(17-15-35)72-45-12-7-9-38(34(45)2)39-18-20-47(59-50(39)55(70)71)66-25-23-36-8-6-10-40(43(36)32-66)53(68)61-56-58-44-11-4-5-13-46(44)73-56/h4-13,18,20,22,24,33,35,37,42H,14-17,19,21,23,25-32H2,1-3H3,(H,70,71)(H,58,61,68)(H,60,67,69)/t33-,35?,37?,42?/m0/s1. The van der Waals surface area contributed by atoms with Gasteiger partial charge in [-0.2, -0.15) is 5.10 Å². The van der Waals surface area contributed by atoms with Gasteiger partial charge in [-0.05, 0) is 128 Å². The van der Waals surface area contributed by atoms with Gasteiger partial charge in [-0.3, -0.25) is 34.6 Å². The van der Waals surface area contributed by atoms with Gasteiger partial charge in [-0.15, -0.1) is 0 Å². The molecule has 2 atom stereocenters. The van der Waals surface area contributed by atoms with Crippen molar-refractivity contribution < 1.29 is 29.0 Å². The molecule has 7 aromatic rings. The highest BCUT2D eigenvalue weighted by Crippen LogP contribution is 2.39.